The van der Waals surface area contributed by atoms with E-state index in [-0.39, 0.29) is 12.5 Å². The Bertz CT molecular complexity index is 882. The summed E-state index contributed by atoms with van der Waals surface area (Å²) in [6.07, 6.45) is 0. The van der Waals surface area contributed by atoms with Gasteiger partial charge in [-0.2, -0.15) is 0 Å². The van der Waals surface area contributed by atoms with Gasteiger partial charge < -0.3 is 24.4 Å². The van der Waals surface area contributed by atoms with Gasteiger partial charge >= 0.3 is 0 Å². The molecule has 1 aromatic heterocycles. The monoisotopic (exact) mass is 433 g/mol. The number of nitrogens with one attached hydrogen (secondary N) is 1. The maximum Gasteiger partial charge on any atom is 0.242 e. The summed E-state index contributed by atoms with van der Waals surface area (Å²) in [4.78, 5) is 21.3. The zero-order valence-electron chi connectivity index (χ0n) is 17.6. The van der Waals surface area contributed by atoms with Gasteiger partial charge in [-0.05, 0) is 24.6 Å². The van der Waals surface area contributed by atoms with Gasteiger partial charge in [0.25, 0.3) is 0 Å². The fraction of sp³-hybridized carbons (Fsp3) is 0.500. The number of hydrogen-bond acceptors (Lipinski definition) is 5. The molecule has 10 heteroatoms. The van der Waals surface area contributed by atoms with Gasteiger partial charge in [0.1, 0.15) is 12.4 Å². The van der Waals surface area contributed by atoms with Gasteiger partial charge in [-0.25, -0.2) is 4.99 Å². The second-order valence-corrected chi connectivity index (χ2v) is 7.58. The average Bonchev–Trinajstić information content (AvgIpc) is 3.06. The number of aliphatic imine (C=N–C) groups is 1. The van der Waals surface area contributed by atoms with E-state index in [0.717, 1.165) is 17.2 Å². The summed E-state index contributed by atoms with van der Waals surface area (Å²) >= 11 is 5.95. The van der Waals surface area contributed by atoms with E-state index in [4.69, 9.17) is 16.3 Å². The molecular formula is C20H28ClN7O2. The normalized spacial score (nSPS) is 15.1. The third-order valence-corrected chi connectivity index (χ3v) is 5.30. The third-order valence-electron chi connectivity index (χ3n) is 5.05. The quantitative estimate of drug-likeness (QED) is 0.401. The number of benzene rings is 1. The van der Waals surface area contributed by atoms with Gasteiger partial charge in [-0.1, -0.05) is 23.7 Å². The summed E-state index contributed by atoms with van der Waals surface area (Å²) in [5, 5.41) is 12.2. The van der Waals surface area contributed by atoms with Crippen molar-refractivity contribution in [3.63, 3.8) is 0 Å². The smallest absolute Gasteiger partial charge is 0.242 e. The summed E-state index contributed by atoms with van der Waals surface area (Å²) in [7, 11) is 3.57. The average molecular weight is 434 g/mol. The van der Waals surface area contributed by atoms with Gasteiger partial charge in [0.2, 0.25) is 5.91 Å². The molecule has 3 rings (SSSR count). The van der Waals surface area contributed by atoms with Crippen LogP contribution in [-0.4, -0.2) is 76.3 Å². The van der Waals surface area contributed by atoms with Gasteiger partial charge in [-0.15, -0.1) is 10.2 Å². The number of hydrogen-bond donors (Lipinski definition) is 1. The molecule has 0 bridgehead atoms. The predicted molar refractivity (Wildman–Crippen MR) is 115 cm³/mol. The van der Waals surface area contributed by atoms with E-state index in [0.29, 0.717) is 50.3 Å². The lowest BCUT2D eigenvalue weighted by Crippen LogP contribution is -2.55. The molecule has 0 saturated carbocycles. The minimum Gasteiger partial charge on any atom is -0.383 e. The van der Waals surface area contributed by atoms with Crippen LogP contribution in [0.4, 0.5) is 0 Å². The maximum absolute atomic E-state index is 12.8. The van der Waals surface area contributed by atoms with E-state index in [1.165, 1.54) is 0 Å². The van der Waals surface area contributed by atoms with Crippen molar-refractivity contribution >= 4 is 23.5 Å². The minimum atomic E-state index is 0.0620. The predicted octanol–water partition coefficient (Wildman–Crippen LogP) is 1.21. The zero-order chi connectivity index (χ0) is 21.5. The molecule has 1 N–H and O–H groups in total. The topological polar surface area (TPSA) is 87.9 Å². The number of aromatic nitrogens is 3. The summed E-state index contributed by atoms with van der Waals surface area (Å²) in [6, 6.07) is 7.58. The maximum atomic E-state index is 12.8. The fourth-order valence-electron chi connectivity index (χ4n) is 3.13. The van der Waals surface area contributed by atoms with Crippen LogP contribution in [-0.2, 0) is 29.7 Å². The largest absolute Gasteiger partial charge is 0.383 e. The van der Waals surface area contributed by atoms with Crippen molar-refractivity contribution in [3.05, 3.63) is 46.5 Å². The molecule has 0 atom stereocenters. The number of carbonyl (C=O) groups excluding carboxylic acids is 1. The van der Waals surface area contributed by atoms with Crippen molar-refractivity contribution < 1.29 is 9.53 Å². The zero-order valence-corrected chi connectivity index (χ0v) is 18.4. The van der Waals surface area contributed by atoms with Crippen LogP contribution in [0.15, 0.2) is 29.3 Å². The Balaban J connectivity index is 1.65. The third kappa shape index (κ3) is 5.70. The number of piperazine rings is 1. The van der Waals surface area contributed by atoms with Crippen LogP contribution in [0.2, 0.25) is 5.02 Å². The summed E-state index contributed by atoms with van der Waals surface area (Å²) in [5.41, 5.74) is 1.06. The van der Waals surface area contributed by atoms with Crippen LogP contribution < -0.4 is 5.32 Å². The highest BCUT2D eigenvalue weighted by Crippen LogP contribution is 2.14. The first-order valence-corrected chi connectivity index (χ1v) is 10.2. The van der Waals surface area contributed by atoms with Crippen LogP contribution in [0.1, 0.15) is 17.2 Å². The molecule has 0 spiro atoms. The molecule has 0 radical (unpaired) electrons. The SMILES string of the molecule is COCCNC(=NCc1nnc(C)n1C)N1CCN(Cc2ccc(Cl)cc2)C(=O)C1. The van der Waals surface area contributed by atoms with Crippen molar-refractivity contribution in [1.29, 1.82) is 0 Å². The molecule has 0 unspecified atom stereocenters. The number of nitrogens with zero attached hydrogens (tertiary/aromatic N) is 6. The minimum absolute atomic E-state index is 0.0620. The number of rotatable bonds is 7. The first-order valence-electron chi connectivity index (χ1n) is 9.87. The highest BCUT2D eigenvalue weighted by atomic mass is 35.5. The van der Waals surface area contributed by atoms with E-state index in [2.05, 4.69) is 20.5 Å². The summed E-state index contributed by atoms with van der Waals surface area (Å²) in [5.74, 6) is 2.34. The highest BCUT2D eigenvalue weighted by Gasteiger charge is 2.26. The van der Waals surface area contributed by atoms with Crippen molar-refractivity contribution in [2.75, 3.05) is 39.9 Å². The van der Waals surface area contributed by atoms with E-state index in [1.807, 2.05) is 52.6 Å². The van der Waals surface area contributed by atoms with E-state index in [1.54, 1.807) is 7.11 Å². The molecule has 1 amide bonds. The number of carbonyl (C=O) groups is 1. The molecule has 1 aromatic carbocycles. The molecule has 9 nitrogen and oxygen atoms in total. The molecule has 2 heterocycles. The molecule has 1 fully saturated rings. The molecule has 1 aliphatic heterocycles. The molecule has 30 heavy (non-hydrogen) atoms. The number of halogens is 1. The molecule has 1 aliphatic rings. The Labute approximate surface area is 181 Å². The van der Waals surface area contributed by atoms with Crippen molar-refractivity contribution in [2.24, 2.45) is 12.0 Å². The van der Waals surface area contributed by atoms with Crippen molar-refractivity contribution in [2.45, 2.75) is 20.0 Å². The lowest BCUT2D eigenvalue weighted by atomic mass is 10.2. The second kappa shape index (κ2) is 10.4. The summed E-state index contributed by atoms with van der Waals surface area (Å²) in [6.45, 7) is 5.59. The lowest BCUT2D eigenvalue weighted by molar-refractivity contribution is -0.135. The number of methoxy groups -OCH3 is 1. The number of amides is 1. The van der Waals surface area contributed by atoms with Crippen LogP contribution >= 0.6 is 11.6 Å². The fourth-order valence-corrected chi connectivity index (χ4v) is 3.26. The van der Waals surface area contributed by atoms with Gasteiger partial charge in [0.15, 0.2) is 11.8 Å². The Hall–Kier alpha value is -2.65. The number of ether oxygens (including phenoxy) is 1. The van der Waals surface area contributed by atoms with Crippen LogP contribution in [0.5, 0.6) is 0 Å². The number of aryl methyl sites for hydroxylation is 1. The van der Waals surface area contributed by atoms with Gasteiger partial charge in [0, 0.05) is 45.4 Å². The van der Waals surface area contributed by atoms with E-state index < -0.39 is 0 Å². The van der Waals surface area contributed by atoms with Crippen LogP contribution in [0.25, 0.3) is 0 Å². The Kier molecular flexibility index (Phi) is 7.64. The Morgan fingerprint density at radius 3 is 2.67 bits per heavy atom. The van der Waals surface area contributed by atoms with Gasteiger partial charge in [0.05, 0.1) is 13.2 Å². The summed E-state index contributed by atoms with van der Waals surface area (Å²) < 4.78 is 7.04. The standard InChI is InChI=1S/C20H28ClN7O2/c1-15-24-25-18(26(15)2)12-23-20(22-8-11-30-3)28-10-9-27(19(29)14-28)13-16-4-6-17(21)7-5-16/h4-7H,8-14H2,1-3H3,(H,22,23). The lowest BCUT2D eigenvalue weighted by Gasteiger charge is -2.36. The second-order valence-electron chi connectivity index (χ2n) is 7.15. The van der Waals surface area contributed by atoms with Crippen molar-refractivity contribution in [3.8, 4) is 0 Å². The first-order chi connectivity index (χ1) is 14.5. The molecule has 2 aromatic rings. The molecule has 0 aliphatic carbocycles. The van der Waals surface area contributed by atoms with Crippen LogP contribution in [0.3, 0.4) is 0 Å². The molecular weight excluding hydrogens is 406 g/mol. The first kappa shape index (κ1) is 22.0. The van der Waals surface area contributed by atoms with E-state index in [9.17, 15) is 4.79 Å². The molecule has 162 valence electrons. The van der Waals surface area contributed by atoms with Crippen molar-refractivity contribution in [1.82, 2.24) is 29.9 Å². The van der Waals surface area contributed by atoms with E-state index >= 15 is 0 Å². The Morgan fingerprint density at radius 1 is 1.27 bits per heavy atom. The number of guanidine groups is 1. The molecule has 1 saturated heterocycles. The van der Waals surface area contributed by atoms with Crippen LogP contribution in [0, 0.1) is 6.92 Å². The highest BCUT2D eigenvalue weighted by molar-refractivity contribution is 6.30. The van der Waals surface area contributed by atoms with Gasteiger partial charge in [-0.3, -0.25) is 4.79 Å². The Morgan fingerprint density at radius 2 is 2.03 bits per heavy atom.